The van der Waals surface area contributed by atoms with Gasteiger partial charge in [-0.1, -0.05) is 38.1 Å². The van der Waals surface area contributed by atoms with Crippen LogP contribution in [0, 0.1) is 0 Å². The first-order chi connectivity index (χ1) is 17.4. The second-order valence-electron chi connectivity index (χ2n) is 8.51. The molecule has 3 aromatic rings. The SMILES string of the molecule is CCOc1ccc(C2C(C(=O)c3cc4ccccc4o3)=C(O)C(=O)N2CCN(CC)CC)cc1OC. The van der Waals surface area contributed by atoms with E-state index in [1.807, 2.05) is 25.1 Å². The first-order valence-corrected chi connectivity index (χ1v) is 12.2. The number of ketones is 1. The van der Waals surface area contributed by atoms with Gasteiger partial charge in [0.1, 0.15) is 5.58 Å². The molecule has 0 bridgehead atoms. The summed E-state index contributed by atoms with van der Waals surface area (Å²) in [5.41, 5.74) is 1.18. The maximum absolute atomic E-state index is 13.7. The molecule has 1 aromatic heterocycles. The maximum atomic E-state index is 13.7. The van der Waals surface area contributed by atoms with Crippen molar-refractivity contribution in [2.75, 3.05) is 39.9 Å². The van der Waals surface area contributed by atoms with Crippen molar-refractivity contribution >= 4 is 22.7 Å². The minimum Gasteiger partial charge on any atom is -0.503 e. The lowest BCUT2D eigenvalue weighted by molar-refractivity contribution is -0.129. The molecular formula is C28H32N2O6. The lowest BCUT2D eigenvalue weighted by atomic mass is 9.94. The molecule has 1 atom stereocenters. The number of ether oxygens (including phenoxy) is 2. The zero-order chi connectivity index (χ0) is 25.8. The molecule has 8 heteroatoms. The van der Waals surface area contributed by atoms with Gasteiger partial charge < -0.3 is 28.8 Å². The summed E-state index contributed by atoms with van der Waals surface area (Å²) in [4.78, 5) is 30.7. The molecule has 0 saturated heterocycles. The highest BCUT2D eigenvalue weighted by Crippen LogP contribution is 2.42. The normalized spacial score (nSPS) is 15.9. The lowest BCUT2D eigenvalue weighted by Crippen LogP contribution is -2.38. The number of rotatable bonds is 11. The van der Waals surface area contributed by atoms with Crippen molar-refractivity contribution in [2.45, 2.75) is 26.8 Å². The molecular weight excluding hydrogens is 460 g/mol. The van der Waals surface area contributed by atoms with Crippen molar-refractivity contribution in [1.82, 2.24) is 9.80 Å². The van der Waals surface area contributed by atoms with Gasteiger partial charge in [-0.15, -0.1) is 0 Å². The van der Waals surface area contributed by atoms with Crippen LogP contribution in [0.3, 0.4) is 0 Å². The Balaban J connectivity index is 1.78. The number of Topliss-reactive ketones (excluding diaryl/α,β-unsaturated/α-hetero) is 1. The van der Waals surface area contributed by atoms with Crippen LogP contribution in [0.15, 0.2) is 64.3 Å². The number of aliphatic hydroxyl groups excluding tert-OH is 1. The van der Waals surface area contributed by atoms with Crippen molar-refractivity contribution in [1.29, 1.82) is 0 Å². The number of aliphatic hydroxyl groups is 1. The molecule has 190 valence electrons. The predicted molar refractivity (Wildman–Crippen MR) is 137 cm³/mol. The van der Waals surface area contributed by atoms with Crippen molar-refractivity contribution in [3.8, 4) is 11.5 Å². The summed E-state index contributed by atoms with van der Waals surface area (Å²) in [5.74, 6) is -0.565. The second-order valence-corrected chi connectivity index (χ2v) is 8.51. The standard InChI is InChI=1S/C28H32N2O6/c1-5-29(6-2)14-15-30-25(19-12-13-21(35-7-3)22(17-19)34-4)24(27(32)28(30)33)26(31)23-16-18-10-8-9-11-20(18)36-23/h8-13,16-17,25,32H,5-7,14-15H2,1-4H3. The summed E-state index contributed by atoms with van der Waals surface area (Å²) in [6, 6.07) is 13.4. The van der Waals surface area contributed by atoms with Crippen LogP contribution in [0.5, 0.6) is 11.5 Å². The van der Waals surface area contributed by atoms with Crippen molar-refractivity contribution < 1.29 is 28.6 Å². The molecule has 8 nitrogen and oxygen atoms in total. The molecule has 0 saturated carbocycles. The van der Waals surface area contributed by atoms with Crippen molar-refractivity contribution in [3.63, 3.8) is 0 Å². The smallest absolute Gasteiger partial charge is 0.290 e. The molecule has 0 aliphatic carbocycles. The van der Waals surface area contributed by atoms with Crippen LogP contribution in [0.4, 0.5) is 0 Å². The predicted octanol–water partition coefficient (Wildman–Crippen LogP) is 4.76. The van der Waals surface area contributed by atoms with E-state index in [1.54, 1.807) is 35.2 Å². The number of benzene rings is 2. The van der Waals surface area contributed by atoms with Crippen LogP contribution in [0.2, 0.25) is 0 Å². The highest BCUT2D eigenvalue weighted by Gasteiger charge is 2.44. The number of para-hydroxylation sites is 1. The number of carbonyl (C=O) groups excluding carboxylic acids is 2. The minimum absolute atomic E-state index is 0.00943. The Morgan fingerprint density at radius 2 is 1.83 bits per heavy atom. The number of nitrogens with zero attached hydrogens (tertiary/aromatic N) is 2. The Morgan fingerprint density at radius 1 is 1.08 bits per heavy atom. The molecule has 1 aliphatic heterocycles. The summed E-state index contributed by atoms with van der Waals surface area (Å²) in [6.45, 7) is 9.03. The third kappa shape index (κ3) is 4.68. The number of hydrogen-bond donors (Lipinski definition) is 1. The summed E-state index contributed by atoms with van der Waals surface area (Å²) in [5, 5.41) is 11.7. The molecule has 2 aromatic carbocycles. The Morgan fingerprint density at radius 3 is 2.50 bits per heavy atom. The van der Waals surface area contributed by atoms with E-state index in [0.717, 1.165) is 18.5 Å². The molecule has 0 spiro atoms. The molecule has 4 rings (SSSR count). The fraction of sp³-hybridized carbons (Fsp3) is 0.357. The number of furan rings is 1. The second kappa shape index (κ2) is 10.9. The molecule has 0 radical (unpaired) electrons. The fourth-order valence-corrected chi connectivity index (χ4v) is 4.61. The number of carbonyl (C=O) groups is 2. The molecule has 0 fully saturated rings. The number of amides is 1. The summed E-state index contributed by atoms with van der Waals surface area (Å²) < 4.78 is 17.0. The minimum atomic E-state index is -0.807. The van der Waals surface area contributed by atoms with Crippen LogP contribution in [-0.2, 0) is 4.79 Å². The maximum Gasteiger partial charge on any atom is 0.290 e. The summed E-state index contributed by atoms with van der Waals surface area (Å²) in [6.07, 6.45) is 0. The largest absolute Gasteiger partial charge is 0.503 e. The first kappa shape index (κ1) is 25.3. The molecule has 1 unspecified atom stereocenters. The van der Waals surface area contributed by atoms with Gasteiger partial charge in [-0.2, -0.15) is 0 Å². The van der Waals surface area contributed by atoms with E-state index >= 15 is 0 Å². The third-order valence-electron chi connectivity index (χ3n) is 6.55. The Labute approximate surface area is 210 Å². The van der Waals surface area contributed by atoms with E-state index in [-0.39, 0.29) is 11.3 Å². The van der Waals surface area contributed by atoms with Crippen LogP contribution >= 0.6 is 0 Å². The van der Waals surface area contributed by atoms with Gasteiger partial charge in [-0.3, -0.25) is 9.59 Å². The van der Waals surface area contributed by atoms with Crippen LogP contribution in [-0.4, -0.2) is 66.5 Å². The van der Waals surface area contributed by atoms with E-state index in [0.29, 0.717) is 42.3 Å². The van der Waals surface area contributed by atoms with E-state index in [2.05, 4.69) is 18.7 Å². The van der Waals surface area contributed by atoms with E-state index in [1.165, 1.54) is 7.11 Å². The van der Waals surface area contributed by atoms with Gasteiger partial charge in [0, 0.05) is 18.5 Å². The fourth-order valence-electron chi connectivity index (χ4n) is 4.61. The summed E-state index contributed by atoms with van der Waals surface area (Å²) >= 11 is 0. The van der Waals surface area contributed by atoms with Gasteiger partial charge >= 0.3 is 0 Å². The Kier molecular flexibility index (Phi) is 7.64. The highest BCUT2D eigenvalue weighted by molar-refractivity contribution is 6.16. The third-order valence-corrected chi connectivity index (χ3v) is 6.55. The summed E-state index contributed by atoms with van der Waals surface area (Å²) in [7, 11) is 1.54. The number of hydrogen-bond acceptors (Lipinski definition) is 7. The van der Waals surface area contributed by atoms with Gasteiger partial charge in [0.05, 0.1) is 25.3 Å². The molecule has 1 N–H and O–H groups in total. The topological polar surface area (TPSA) is 92.5 Å². The number of methoxy groups -OCH3 is 1. The Bertz CT molecular complexity index is 1260. The average Bonchev–Trinajstić information content (AvgIpc) is 3.44. The van der Waals surface area contributed by atoms with Gasteiger partial charge in [-0.25, -0.2) is 0 Å². The van der Waals surface area contributed by atoms with Crippen LogP contribution in [0.25, 0.3) is 11.0 Å². The zero-order valence-corrected chi connectivity index (χ0v) is 21.1. The monoisotopic (exact) mass is 492 g/mol. The van der Waals surface area contributed by atoms with Crippen molar-refractivity contribution in [3.05, 3.63) is 71.2 Å². The van der Waals surface area contributed by atoms with Gasteiger partial charge in [0.2, 0.25) is 5.78 Å². The van der Waals surface area contributed by atoms with Crippen LogP contribution in [0.1, 0.15) is 42.9 Å². The van der Waals surface area contributed by atoms with Crippen LogP contribution < -0.4 is 9.47 Å². The lowest BCUT2D eigenvalue weighted by Gasteiger charge is -2.29. The zero-order valence-electron chi connectivity index (χ0n) is 21.1. The Hall–Kier alpha value is -3.78. The first-order valence-electron chi connectivity index (χ1n) is 12.2. The van der Waals surface area contributed by atoms with Crippen molar-refractivity contribution in [2.24, 2.45) is 0 Å². The van der Waals surface area contributed by atoms with E-state index in [4.69, 9.17) is 13.9 Å². The van der Waals surface area contributed by atoms with Gasteiger partial charge in [0.15, 0.2) is 23.0 Å². The quantitative estimate of drug-likeness (QED) is 0.386. The number of likely N-dealkylation sites (N-methyl/N-ethyl adjacent to an activating group) is 1. The average molecular weight is 493 g/mol. The molecule has 1 amide bonds. The van der Waals surface area contributed by atoms with E-state index < -0.39 is 23.5 Å². The molecule has 36 heavy (non-hydrogen) atoms. The van der Waals surface area contributed by atoms with Gasteiger partial charge in [-0.05, 0) is 49.8 Å². The highest BCUT2D eigenvalue weighted by atomic mass is 16.5. The van der Waals surface area contributed by atoms with Gasteiger partial charge in [0.25, 0.3) is 5.91 Å². The van der Waals surface area contributed by atoms with E-state index in [9.17, 15) is 14.7 Å². The molecule has 1 aliphatic rings. The number of fused-ring (bicyclic) bond motifs is 1. The molecule has 2 heterocycles.